The number of piperidine rings is 1. The van der Waals surface area contributed by atoms with Crippen molar-refractivity contribution in [2.75, 3.05) is 13.2 Å². The zero-order chi connectivity index (χ0) is 12.9. The Bertz CT molecular complexity index is 285. The number of hydroxylamine groups is 2. The van der Waals surface area contributed by atoms with Crippen LogP contribution in [0.4, 0.5) is 0 Å². The fourth-order valence-electron chi connectivity index (χ4n) is 3.24. The Balaban J connectivity index is 2.22. The van der Waals surface area contributed by atoms with Crippen molar-refractivity contribution < 1.29 is 19.8 Å². The van der Waals surface area contributed by atoms with Crippen LogP contribution in [0, 0.1) is 0 Å². The van der Waals surface area contributed by atoms with E-state index < -0.39 is 16.9 Å². The summed E-state index contributed by atoms with van der Waals surface area (Å²) in [4.78, 5) is 0. The maximum atomic E-state index is 10.2. The second-order valence-corrected chi connectivity index (χ2v) is 6.43. The number of ether oxygens (including phenoxy) is 2. The summed E-state index contributed by atoms with van der Waals surface area (Å²) < 4.78 is 11.6. The highest BCUT2D eigenvalue weighted by atomic mass is 16.7. The first kappa shape index (κ1) is 13.2. The van der Waals surface area contributed by atoms with E-state index in [1.165, 1.54) is 5.06 Å². The van der Waals surface area contributed by atoms with Crippen LogP contribution in [0.25, 0.3) is 0 Å². The molecule has 1 unspecified atom stereocenters. The van der Waals surface area contributed by atoms with Gasteiger partial charge in [0, 0.05) is 23.9 Å². The molecule has 2 heterocycles. The molecule has 0 aliphatic carbocycles. The number of aliphatic hydroxyl groups excluding tert-OH is 1. The summed E-state index contributed by atoms with van der Waals surface area (Å²) in [5.41, 5.74) is -0.821. The second kappa shape index (κ2) is 3.90. The van der Waals surface area contributed by atoms with Crippen LogP contribution < -0.4 is 0 Å². The van der Waals surface area contributed by atoms with E-state index in [0.29, 0.717) is 19.4 Å². The van der Waals surface area contributed by atoms with E-state index in [0.717, 1.165) is 0 Å². The van der Waals surface area contributed by atoms with Crippen molar-refractivity contribution in [2.24, 2.45) is 0 Å². The molecule has 5 heteroatoms. The van der Waals surface area contributed by atoms with E-state index in [1.807, 2.05) is 27.7 Å². The van der Waals surface area contributed by atoms with Crippen molar-refractivity contribution in [1.82, 2.24) is 5.06 Å². The molecule has 1 atom stereocenters. The minimum absolute atomic E-state index is 0.0224. The zero-order valence-corrected chi connectivity index (χ0v) is 11.1. The molecule has 0 aromatic carbocycles. The second-order valence-electron chi connectivity index (χ2n) is 6.43. The molecule has 5 nitrogen and oxygen atoms in total. The van der Waals surface area contributed by atoms with Gasteiger partial charge in [-0.25, -0.2) is 0 Å². The van der Waals surface area contributed by atoms with Crippen LogP contribution in [-0.2, 0) is 9.47 Å². The summed E-state index contributed by atoms with van der Waals surface area (Å²) in [7, 11) is 0. The van der Waals surface area contributed by atoms with Crippen LogP contribution in [0.2, 0.25) is 0 Å². The van der Waals surface area contributed by atoms with Crippen LogP contribution in [-0.4, -0.2) is 51.6 Å². The summed E-state index contributed by atoms with van der Waals surface area (Å²) in [6, 6.07) is 0. The Morgan fingerprint density at radius 1 is 1.18 bits per heavy atom. The molecule has 0 aromatic heterocycles. The van der Waals surface area contributed by atoms with Gasteiger partial charge < -0.3 is 19.8 Å². The van der Waals surface area contributed by atoms with Gasteiger partial charge in [0.1, 0.15) is 6.10 Å². The van der Waals surface area contributed by atoms with Gasteiger partial charge in [-0.05, 0) is 27.7 Å². The Labute approximate surface area is 102 Å². The fraction of sp³-hybridized carbons (Fsp3) is 1.00. The van der Waals surface area contributed by atoms with Gasteiger partial charge >= 0.3 is 0 Å². The van der Waals surface area contributed by atoms with Crippen LogP contribution in [0.5, 0.6) is 0 Å². The number of hydrogen-bond donors (Lipinski definition) is 2. The minimum Gasteiger partial charge on any atom is -0.394 e. The molecule has 1 spiro atoms. The highest BCUT2D eigenvalue weighted by Gasteiger charge is 2.56. The average Bonchev–Trinajstić information content (AvgIpc) is 2.56. The standard InChI is InChI=1S/C12H23NO4/c1-10(2)7-12(8-11(3,4)13(10)15)16-6-9(5-14)17-12/h9,14-15H,5-8H2,1-4H3. The quantitative estimate of drug-likeness (QED) is 0.725. The summed E-state index contributed by atoms with van der Waals surface area (Å²) in [6.07, 6.45) is 0.944. The van der Waals surface area contributed by atoms with Crippen molar-refractivity contribution in [3.8, 4) is 0 Å². The molecule has 17 heavy (non-hydrogen) atoms. The maximum absolute atomic E-state index is 10.2. The monoisotopic (exact) mass is 245 g/mol. The molecular formula is C12H23NO4. The Hall–Kier alpha value is -0.200. The lowest BCUT2D eigenvalue weighted by atomic mass is 9.78. The lowest BCUT2D eigenvalue weighted by Crippen LogP contribution is -2.64. The number of rotatable bonds is 1. The lowest BCUT2D eigenvalue weighted by molar-refractivity contribution is -0.318. The molecule has 2 aliphatic rings. The molecule has 2 saturated heterocycles. The summed E-state index contributed by atoms with van der Waals surface area (Å²) in [5.74, 6) is -0.667. The molecule has 0 saturated carbocycles. The first-order chi connectivity index (χ1) is 7.71. The van der Waals surface area contributed by atoms with E-state index in [2.05, 4.69) is 0 Å². The molecule has 0 radical (unpaired) electrons. The maximum Gasteiger partial charge on any atom is 0.172 e. The van der Waals surface area contributed by atoms with Crippen molar-refractivity contribution in [3.05, 3.63) is 0 Å². The predicted molar refractivity (Wildman–Crippen MR) is 61.7 cm³/mol. The largest absolute Gasteiger partial charge is 0.394 e. The third-order valence-electron chi connectivity index (χ3n) is 3.67. The van der Waals surface area contributed by atoms with Gasteiger partial charge in [0.05, 0.1) is 13.2 Å². The summed E-state index contributed by atoms with van der Waals surface area (Å²) in [5, 5.41) is 20.7. The van der Waals surface area contributed by atoms with Gasteiger partial charge in [-0.15, -0.1) is 0 Å². The highest BCUT2D eigenvalue weighted by Crippen LogP contribution is 2.47. The zero-order valence-electron chi connectivity index (χ0n) is 11.1. The van der Waals surface area contributed by atoms with E-state index >= 15 is 0 Å². The fourth-order valence-corrected chi connectivity index (χ4v) is 3.24. The minimum atomic E-state index is -0.667. The Kier molecular flexibility index (Phi) is 3.03. The van der Waals surface area contributed by atoms with Gasteiger partial charge in [-0.2, -0.15) is 5.06 Å². The first-order valence-corrected chi connectivity index (χ1v) is 6.13. The average molecular weight is 245 g/mol. The topological polar surface area (TPSA) is 62.2 Å². The van der Waals surface area contributed by atoms with E-state index in [1.54, 1.807) is 0 Å². The van der Waals surface area contributed by atoms with Crippen LogP contribution in [0.1, 0.15) is 40.5 Å². The van der Waals surface area contributed by atoms with Gasteiger partial charge in [-0.3, -0.25) is 0 Å². The first-order valence-electron chi connectivity index (χ1n) is 6.13. The molecule has 0 amide bonds. The van der Waals surface area contributed by atoms with Crippen LogP contribution >= 0.6 is 0 Å². The van der Waals surface area contributed by atoms with Crippen molar-refractivity contribution in [2.45, 2.75) is 63.5 Å². The smallest absolute Gasteiger partial charge is 0.172 e. The molecule has 2 N–H and O–H groups in total. The third kappa shape index (κ3) is 2.22. The molecule has 100 valence electrons. The molecule has 0 aromatic rings. The predicted octanol–water partition coefficient (Wildman–Crippen LogP) is 1.13. The molecule has 2 rings (SSSR count). The van der Waals surface area contributed by atoms with E-state index in [4.69, 9.17) is 14.6 Å². The molecule has 0 bridgehead atoms. The van der Waals surface area contributed by atoms with Gasteiger partial charge in [0.15, 0.2) is 5.79 Å². The third-order valence-corrected chi connectivity index (χ3v) is 3.67. The molecule has 2 aliphatic heterocycles. The normalized spacial score (nSPS) is 35.3. The van der Waals surface area contributed by atoms with Crippen molar-refractivity contribution in [1.29, 1.82) is 0 Å². The van der Waals surface area contributed by atoms with Crippen molar-refractivity contribution in [3.63, 3.8) is 0 Å². The van der Waals surface area contributed by atoms with Gasteiger partial charge in [-0.1, -0.05) is 0 Å². The Morgan fingerprint density at radius 3 is 2.12 bits per heavy atom. The Morgan fingerprint density at radius 2 is 1.71 bits per heavy atom. The van der Waals surface area contributed by atoms with Gasteiger partial charge in [0.25, 0.3) is 0 Å². The molecular weight excluding hydrogens is 222 g/mol. The van der Waals surface area contributed by atoms with Crippen LogP contribution in [0.3, 0.4) is 0 Å². The SMILES string of the molecule is CC1(C)CC2(CC(C)(C)N1O)OCC(CO)O2. The van der Waals surface area contributed by atoms with E-state index in [9.17, 15) is 5.21 Å². The van der Waals surface area contributed by atoms with Gasteiger partial charge in [0.2, 0.25) is 0 Å². The summed E-state index contributed by atoms with van der Waals surface area (Å²) >= 11 is 0. The number of hydrogen-bond acceptors (Lipinski definition) is 5. The van der Waals surface area contributed by atoms with Crippen molar-refractivity contribution >= 4 is 0 Å². The van der Waals surface area contributed by atoms with Crippen LogP contribution in [0.15, 0.2) is 0 Å². The highest BCUT2D eigenvalue weighted by molar-refractivity contribution is 5.02. The summed E-state index contributed by atoms with van der Waals surface area (Å²) in [6.45, 7) is 8.27. The number of aliphatic hydroxyl groups is 1. The lowest BCUT2D eigenvalue weighted by Gasteiger charge is -2.54. The molecule has 2 fully saturated rings. The number of nitrogens with zero attached hydrogens (tertiary/aromatic N) is 1. The van der Waals surface area contributed by atoms with E-state index in [-0.39, 0.29) is 12.7 Å².